The van der Waals surface area contributed by atoms with Crippen molar-refractivity contribution in [1.29, 1.82) is 0 Å². The molecule has 1 fully saturated rings. The fourth-order valence-electron chi connectivity index (χ4n) is 6.52. The quantitative estimate of drug-likeness (QED) is 0.242. The predicted octanol–water partition coefficient (Wildman–Crippen LogP) is 5.46. The highest BCUT2D eigenvalue weighted by molar-refractivity contribution is 6.34. The van der Waals surface area contributed by atoms with Gasteiger partial charge in [0.25, 0.3) is 11.8 Å². The van der Waals surface area contributed by atoms with Crippen LogP contribution in [0.5, 0.6) is 0 Å². The molecule has 2 aliphatic heterocycles. The van der Waals surface area contributed by atoms with Gasteiger partial charge in [-0.3, -0.25) is 24.2 Å². The zero-order valence-corrected chi connectivity index (χ0v) is 29.8. The van der Waals surface area contributed by atoms with Gasteiger partial charge < -0.3 is 25.4 Å². The number of aryl methyl sites for hydroxylation is 1. The van der Waals surface area contributed by atoms with E-state index < -0.39 is 11.8 Å². The maximum absolute atomic E-state index is 14.5. The summed E-state index contributed by atoms with van der Waals surface area (Å²) in [6, 6.07) is 19.1. The number of anilines is 2. The molecular weight excluding hydrogens is 665 g/mol. The Morgan fingerprint density at radius 1 is 0.980 bits per heavy atom. The van der Waals surface area contributed by atoms with Gasteiger partial charge in [0.1, 0.15) is 0 Å². The summed E-state index contributed by atoms with van der Waals surface area (Å²) in [5.74, 6) is -0.797. The smallest absolute Gasteiger partial charge is 0.260 e. The van der Waals surface area contributed by atoms with Crippen LogP contribution in [0.4, 0.5) is 11.4 Å². The van der Waals surface area contributed by atoms with Crippen LogP contribution in [0.15, 0.2) is 66.7 Å². The van der Waals surface area contributed by atoms with Crippen molar-refractivity contribution in [2.45, 2.75) is 57.4 Å². The minimum absolute atomic E-state index is 0.0236. The van der Waals surface area contributed by atoms with Gasteiger partial charge in [0.2, 0.25) is 5.91 Å². The van der Waals surface area contributed by atoms with Gasteiger partial charge >= 0.3 is 0 Å². The number of methoxy groups -OCH3 is 1. The van der Waals surface area contributed by atoms with E-state index in [4.69, 9.17) is 27.9 Å². The van der Waals surface area contributed by atoms with Gasteiger partial charge in [-0.05, 0) is 79.4 Å². The Morgan fingerprint density at radius 3 is 2.37 bits per heavy atom. The highest BCUT2D eigenvalue weighted by atomic mass is 35.5. The number of fused-ring (bicyclic) bond motifs is 1. The number of carbonyl (C=O) groups is 3. The molecule has 1 saturated heterocycles. The Hall–Kier alpha value is -3.51. The van der Waals surface area contributed by atoms with Gasteiger partial charge in [0.05, 0.1) is 28.8 Å². The van der Waals surface area contributed by atoms with Crippen molar-refractivity contribution in [3.05, 3.63) is 93.5 Å². The maximum Gasteiger partial charge on any atom is 0.260 e. The summed E-state index contributed by atoms with van der Waals surface area (Å²) in [6.45, 7) is 7.47. The summed E-state index contributed by atoms with van der Waals surface area (Å²) in [5.41, 5.74) is 1.50. The zero-order chi connectivity index (χ0) is 35.1. The van der Waals surface area contributed by atoms with Crippen molar-refractivity contribution >= 4 is 52.3 Å². The summed E-state index contributed by atoms with van der Waals surface area (Å²) in [5, 5.41) is 17.4. The highest BCUT2D eigenvalue weighted by Crippen LogP contribution is 2.41. The molecule has 3 aromatic carbocycles. The van der Waals surface area contributed by atoms with Crippen LogP contribution in [-0.4, -0.2) is 96.9 Å². The number of hydrogen-bond acceptors (Lipinski definition) is 7. The van der Waals surface area contributed by atoms with E-state index in [1.54, 1.807) is 66.6 Å². The molecule has 0 radical (unpaired) electrons. The van der Waals surface area contributed by atoms with Crippen LogP contribution in [-0.2, 0) is 16.0 Å². The molecule has 10 nitrogen and oxygen atoms in total. The first-order chi connectivity index (χ1) is 23.5. The first-order valence-corrected chi connectivity index (χ1v) is 17.5. The second-order valence-electron chi connectivity index (χ2n) is 13.0. The van der Waals surface area contributed by atoms with Crippen LogP contribution in [0, 0.1) is 0 Å². The number of piperazine rings is 1. The van der Waals surface area contributed by atoms with Crippen LogP contribution < -0.4 is 15.5 Å². The Morgan fingerprint density at radius 2 is 1.69 bits per heavy atom. The van der Waals surface area contributed by atoms with Crippen LogP contribution in [0.1, 0.15) is 59.4 Å². The number of ether oxygens (including phenoxy) is 1. The number of amides is 3. The average molecular weight is 711 g/mol. The Balaban J connectivity index is 1.35. The second-order valence-corrected chi connectivity index (χ2v) is 13.8. The Bertz CT molecular complexity index is 1630. The Kier molecular flexibility index (Phi) is 12.4. The third-order valence-electron chi connectivity index (χ3n) is 9.18. The van der Waals surface area contributed by atoms with Crippen LogP contribution in [0.3, 0.4) is 0 Å². The largest absolute Gasteiger partial charge is 0.390 e. The molecule has 2 heterocycles. The van der Waals surface area contributed by atoms with E-state index in [9.17, 15) is 19.5 Å². The zero-order valence-electron chi connectivity index (χ0n) is 28.3. The molecule has 0 aliphatic carbocycles. The number of carbonyl (C=O) groups excluding carboxylic acids is 3. The summed E-state index contributed by atoms with van der Waals surface area (Å²) in [4.78, 5) is 46.9. The third-order valence-corrected chi connectivity index (χ3v) is 9.74. The summed E-state index contributed by atoms with van der Waals surface area (Å²) >= 11 is 12.6. The third kappa shape index (κ3) is 9.00. The number of benzene rings is 3. The lowest BCUT2D eigenvalue weighted by Crippen LogP contribution is -2.58. The number of β-amino-alcohol motifs (C(OH)–C–C–N with tert-alkyl or cyclic N) is 1. The van der Waals surface area contributed by atoms with Gasteiger partial charge in [-0.2, -0.15) is 0 Å². The SMILES string of the molecule is COC1(CC(=O)N2CCN(CC(O)CNC(C)C)CC2)CCCc2cc(Cl)ccc2N1C(=O)c1ccc(NC(=O)c2ccccc2Cl)cc1. The second kappa shape index (κ2) is 16.5. The molecule has 0 saturated carbocycles. The van der Waals surface area contributed by atoms with Crippen molar-refractivity contribution in [3.8, 4) is 0 Å². The van der Waals surface area contributed by atoms with Gasteiger partial charge in [-0.25, -0.2) is 0 Å². The van der Waals surface area contributed by atoms with Crippen molar-refractivity contribution in [2.24, 2.45) is 0 Å². The summed E-state index contributed by atoms with van der Waals surface area (Å²) in [6.07, 6.45) is 1.27. The van der Waals surface area contributed by atoms with E-state index in [0.29, 0.717) is 97.1 Å². The molecule has 5 rings (SSSR count). The highest BCUT2D eigenvalue weighted by Gasteiger charge is 2.46. The van der Waals surface area contributed by atoms with Gasteiger partial charge in [-0.15, -0.1) is 0 Å². The molecule has 3 amide bonds. The number of nitrogens with zero attached hydrogens (tertiary/aromatic N) is 3. The minimum atomic E-state index is -1.25. The molecule has 12 heteroatoms. The van der Waals surface area contributed by atoms with Crippen molar-refractivity contribution < 1.29 is 24.2 Å². The van der Waals surface area contributed by atoms with Crippen molar-refractivity contribution in [3.63, 3.8) is 0 Å². The molecule has 262 valence electrons. The van der Waals surface area contributed by atoms with Gasteiger partial charge in [0.15, 0.2) is 5.72 Å². The normalized spacial score (nSPS) is 18.9. The van der Waals surface area contributed by atoms with Crippen LogP contribution in [0.2, 0.25) is 10.0 Å². The molecule has 2 unspecified atom stereocenters. The topological polar surface area (TPSA) is 114 Å². The van der Waals surface area contributed by atoms with E-state index in [-0.39, 0.29) is 24.1 Å². The lowest BCUT2D eigenvalue weighted by atomic mass is 9.98. The first kappa shape index (κ1) is 36.8. The molecule has 0 spiro atoms. The average Bonchev–Trinajstić information content (AvgIpc) is 3.24. The molecule has 2 atom stereocenters. The lowest BCUT2D eigenvalue weighted by Gasteiger charge is -2.43. The Labute approximate surface area is 298 Å². The number of nitrogens with one attached hydrogen (secondary N) is 2. The molecule has 2 aliphatic rings. The standard InChI is InChI=1S/C37H45Cl2N5O5/c1-25(2)40-23-30(45)24-42-17-19-43(20-18-42)34(46)22-37(49-3)16-6-7-27-21-28(38)12-15-33(27)44(37)36(48)26-10-13-29(14-11-26)41-35(47)31-8-4-5-9-32(31)39/h4-5,8-15,21,25,30,40,45H,6-7,16-20,22-24H2,1-3H3,(H,41,47). The molecule has 49 heavy (non-hydrogen) atoms. The molecular formula is C37H45Cl2N5O5. The van der Waals surface area contributed by atoms with Gasteiger partial charge in [-0.1, -0.05) is 49.2 Å². The lowest BCUT2D eigenvalue weighted by molar-refractivity contribution is -0.140. The fraction of sp³-hybridized carbons (Fsp3) is 0.432. The molecule has 3 N–H and O–H groups in total. The number of aliphatic hydroxyl groups is 1. The predicted molar refractivity (Wildman–Crippen MR) is 194 cm³/mol. The molecule has 3 aromatic rings. The summed E-state index contributed by atoms with van der Waals surface area (Å²) < 4.78 is 6.22. The van der Waals surface area contributed by atoms with E-state index >= 15 is 0 Å². The van der Waals surface area contributed by atoms with Gasteiger partial charge in [0, 0.05) is 68.7 Å². The first-order valence-electron chi connectivity index (χ1n) is 16.8. The number of hydrogen-bond donors (Lipinski definition) is 3. The van der Waals surface area contributed by atoms with Crippen molar-refractivity contribution in [1.82, 2.24) is 15.1 Å². The van der Waals surface area contributed by atoms with E-state index in [0.717, 1.165) is 5.56 Å². The maximum atomic E-state index is 14.5. The molecule has 0 bridgehead atoms. The number of rotatable bonds is 11. The van der Waals surface area contributed by atoms with Crippen LogP contribution >= 0.6 is 23.2 Å². The van der Waals surface area contributed by atoms with Crippen molar-refractivity contribution in [2.75, 3.05) is 56.6 Å². The minimum Gasteiger partial charge on any atom is -0.390 e. The monoisotopic (exact) mass is 709 g/mol. The van der Waals surface area contributed by atoms with E-state index in [1.807, 2.05) is 30.9 Å². The number of aliphatic hydroxyl groups excluding tert-OH is 1. The van der Waals surface area contributed by atoms with Crippen LogP contribution in [0.25, 0.3) is 0 Å². The van der Waals surface area contributed by atoms with E-state index in [2.05, 4.69) is 15.5 Å². The van der Waals surface area contributed by atoms with E-state index in [1.165, 1.54) is 0 Å². The fourth-order valence-corrected chi connectivity index (χ4v) is 6.93. The summed E-state index contributed by atoms with van der Waals surface area (Å²) in [7, 11) is 1.55. The molecule has 0 aromatic heterocycles. The number of halogens is 2.